The smallest absolute Gasteiger partial charge is 0.108 e. The summed E-state index contributed by atoms with van der Waals surface area (Å²) in [6, 6.07) is 0.364. The van der Waals surface area contributed by atoms with E-state index in [1.54, 1.807) is 11.3 Å². The Bertz CT molecular complexity index is 289. The Kier molecular flexibility index (Phi) is 2.98. The third-order valence-electron chi connectivity index (χ3n) is 2.19. The normalized spacial score (nSPS) is 24.0. The van der Waals surface area contributed by atoms with E-state index in [0.717, 1.165) is 29.8 Å². The summed E-state index contributed by atoms with van der Waals surface area (Å²) < 4.78 is 1.10. The summed E-state index contributed by atoms with van der Waals surface area (Å²) in [7, 11) is 0. The molecule has 1 saturated heterocycles. The molecule has 0 bridgehead atoms. The van der Waals surface area contributed by atoms with Crippen LogP contribution in [0.4, 0.5) is 0 Å². The lowest BCUT2D eigenvalue weighted by Gasteiger charge is -2.12. The molecule has 1 aromatic heterocycles. The quantitative estimate of drug-likeness (QED) is 0.876. The lowest BCUT2D eigenvalue weighted by molar-refractivity contribution is 0.326. The molecule has 0 spiro atoms. The number of halogens is 1. The van der Waals surface area contributed by atoms with E-state index in [1.165, 1.54) is 5.01 Å². The van der Waals surface area contributed by atoms with Crippen molar-refractivity contribution in [3.8, 4) is 0 Å². The monoisotopic (exact) mass is 261 g/mol. The Morgan fingerprint density at radius 3 is 3.15 bits per heavy atom. The highest BCUT2D eigenvalue weighted by Crippen LogP contribution is 2.21. The van der Waals surface area contributed by atoms with Crippen LogP contribution >= 0.6 is 27.3 Å². The van der Waals surface area contributed by atoms with Gasteiger partial charge < -0.3 is 5.73 Å². The van der Waals surface area contributed by atoms with Gasteiger partial charge in [0.1, 0.15) is 5.01 Å². The first-order valence-electron chi connectivity index (χ1n) is 4.32. The van der Waals surface area contributed by atoms with Crippen LogP contribution in [-0.4, -0.2) is 29.0 Å². The lowest BCUT2D eigenvalue weighted by atomic mass is 10.3. The molecule has 0 saturated carbocycles. The number of aromatic nitrogens is 1. The van der Waals surface area contributed by atoms with E-state index in [4.69, 9.17) is 5.73 Å². The topological polar surface area (TPSA) is 42.1 Å². The van der Waals surface area contributed by atoms with Crippen molar-refractivity contribution < 1.29 is 0 Å². The summed E-state index contributed by atoms with van der Waals surface area (Å²) in [5.41, 5.74) is 5.82. The third-order valence-corrected chi connectivity index (χ3v) is 3.65. The van der Waals surface area contributed by atoms with Gasteiger partial charge in [-0.3, -0.25) is 4.90 Å². The van der Waals surface area contributed by atoms with Crippen LogP contribution in [0, 0.1) is 0 Å². The molecule has 1 aromatic rings. The van der Waals surface area contributed by atoms with E-state index in [-0.39, 0.29) is 0 Å². The van der Waals surface area contributed by atoms with E-state index >= 15 is 0 Å². The van der Waals surface area contributed by atoms with Crippen molar-refractivity contribution in [1.29, 1.82) is 0 Å². The standard InChI is InChI=1S/C8H12BrN3S/c9-7-3-11-8(13-7)5-12-2-1-6(10)4-12/h3,6H,1-2,4-5,10H2/t6-/m1/s1. The van der Waals surface area contributed by atoms with Crippen molar-refractivity contribution in [1.82, 2.24) is 9.88 Å². The molecule has 1 aliphatic heterocycles. The van der Waals surface area contributed by atoms with Gasteiger partial charge in [0.25, 0.3) is 0 Å². The molecule has 0 radical (unpaired) electrons. The predicted octanol–water partition coefficient (Wildman–Crippen LogP) is 1.44. The van der Waals surface area contributed by atoms with Crippen LogP contribution in [0.5, 0.6) is 0 Å². The first-order chi connectivity index (χ1) is 6.24. The van der Waals surface area contributed by atoms with Crippen LogP contribution in [0.1, 0.15) is 11.4 Å². The zero-order valence-corrected chi connectivity index (χ0v) is 9.64. The fourth-order valence-electron chi connectivity index (χ4n) is 1.56. The minimum atomic E-state index is 0.364. The number of hydrogen-bond acceptors (Lipinski definition) is 4. The van der Waals surface area contributed by atoms with Gasteiger partial charge in [0.2, 0.25) is 0 Å². The zero-order chi connectivity index (χ0) is 9.26. The predicted molar refractivity (Wildman–Crippen MR) is 57.7 cm³/mol. The number of nitrogens with two attached hydrogens (primary N) is 1. The summed E-state index contributed by atoms with van der Waals surface area (Å²) in [4.78, 5) is 6.65. The van der Waals surface area contributed by atoms with Gasteiger partial charge in [0, 0.05) is 19.1 Å². The number of nitrogens with zero attached hydrogens (tertiary/aromatic N) is 2. The molecule has 2 heterocycles. The average molecular weight is 262 g/mol. The molecular formula is C8H12BrN3S. The van der Waals surface area contributed by atoms with E-state index in [1.807, 2.05) is 6.20 Å². The van der Waals surface area contributed by atoms with Crippen molar-refractivity contribution >= 4 is 27.3 Å². The van der Waals surface area contributed by atoms with Crippen molar-refractivity contribution in [3.05, 3.63) is 15.0 Å². The number of likely N-dealkylation sites (tertiary alicyclic amines) is 1. The van der Waals surface area contributed by atoms with Gasteiger partial charge in [0.15, 0.2) is 0 Å². The molecule has 0 unspecified atom stereocenters. The molecule has 1 atom stereocenters. The van der Waals surface area contributed by atoms with Crippen LogP contribution in [0.2, 0.25) is 0 Å². The third kappa shape index (κ3) is 2.49. The zero-order valence-electron chi connectivity index (χ0n) is 7.24. The van der Waals surface area contributed by atoms with Gasteiger partial charge in [-0.15, -0.1) is 11.3 Å². The maximum Gasteiger partial charge on any atom is 0.108 e. The molecular weight excluding hydrogens is 250 g/mol. The molecule has 72 valence electrons. The van der Waals surface area contributed by atoms with Gasteiger partial charge in [-0.25, -0.2) is 4.98 Å². The Morgan fingerprint density at radius 2 is 2.62 bits per heavy atom. The van der Waals surface area contributed by atoms with Gasteiger partial charge >= 0.3 is 0 Å². The lowest BCUT2D eigenvalue weighted by Crippen LogP contribution is -2.26. The van der Waals surface area contributed by atoms with E-state index in [0.29, 0.717) is 6.04 Å². The Morgan fingerprint density at radius 1 is 1.77 bits per heavy atom. The van der Waals surface area contributed by atoms with Crippen LogP contribution in [0.3, 0.4) is 0 Å². The molecule has 5 heteroatoms. The average Bonchev–Trinajstić information content (AvgIpc) is 2.62. The molecule has 0 aliphatic carbocycles. The highest BCUT2D eigenvalue weighted by molar-refractivity contribution is 9.11. The molecule has 0 aromatic carbocycles. The minimum Gasteiger partial charge on any atom is -0.326 e. The maximum atomic E-state index is 5.82. The molecule has 1 fully saturated rings. The molecule has 2 N–H and O–H groups in total. The van der Waals surface area contributed by atoms with Crippen LogP contribution < -0.4 is 5.73 Å². The van der Waals surface area contributed by atoms with Gasteiger partial charge in [0.05, 0.1) is 16.5 Å². The Labute approximate surface area is 90.1 Å². The van der Waals surface area contributed by atoms with E-state index < -0.39 is 0 Å². The van der Waals surface area contributed by atoms with Crippen LogP contribution in [0.25, 0.3) is 0 Å². The summed E-state index contributed by atoms with van der Waals surface area (Å²) in [6.45, 7) is 3.07. The van der Waals surface area contributed by atoms with Gasteiger partial charge in [-0.1, -0.05) is 0 Å². The fourth-order valence-corrected chi connectivity index (χ4v) is 2.90. The Balaban J connectivity index is 1.91. The van der Waals surface area contributed by atoms with E-state index in [2.05, 4.69) is 25.8 Å². The summed E-state index contributed by atoms with van der Waals surface area (Å²) in [5.74, 6) is 0. The number of hydrogen-bond donors (Lipinski definition) is 1. The fraction of sp³-hybridized carbons (Fsp3) is 0.625. The molecule has 0 amide bonds. The molecule has 1 aliphatic rings. The van der Waals surface area contributed by atoms with E-state index in [9.17, 15) is 0 Å². The maximum absolute atomic E-state index is 5.82. The first kappa shape index (κ1) is 9.58. The van der Waals surface area contributed by atoms with Crippen molar-refractivity contribution in [2.75, 3.05) is 13.1 Å². The first-order valence-corrected chi connectivity index (χ1v) is 5.93. The number of rotatable bonds is 2. The van der Waals surface area contributed by atoms with Crippen molar-refractivity contribution in [2.24, 2.45) is 5.73 Å². The Hall–Kier alpha value is 0.0300. The van der Waals surface area contributed by atoms with Crippen LogP contribution in [0.15, 0.2) is 9.98 Å². The molecule has 13 heavy (non-hydrogen) atoms. The second kappa shape index (κ2) is 4.04. The van der Waals surface area contributed by atoms with Gasteiger partial charge in [-0.2, -0.15) is 0 Å². The number of thiazole rings is 1. The SMILES string of the molecule is N[C@@H]1CCN(Cc2ncc(Br)s2)C1. The highest BCUT2D eigenvalue weighted by atomic mass is 79.9. The van der Waals surface area contributed by atoms with Gasteiger partial charge in [-0.05, 0) is 22.4 Å². The largest absolute Gasteiger partial charge is 0.326 e. The van der Waals surface area contributed by atoms with Crippen LogP contribution in [-0.2, 0) is 6.54 Å². The second-order valence-electron chi connectivity index (χ2n) is 3.34. The summed E-state index contributed by atoms with van der Waals surface area (Å²) >= 11 is 5.11. The highest BCUT2D eigenvalue weighted by Gasteiger charge is 2.19. The summed E-state index contributed by atoms with van der Waals surface area (Å²) in [6.07, 6.45) is 2.97. The molecule has 3 nitrogen and oxygen atoms in total. The van der Waals surface area contributed by atoms with Crippen molar-refractivity contribution in [3.63, 3.8) is 0 Å². The molecule has 2 rings (SSSR count). The second-order valence-corrected chi connectivity index (χ2v) is 5.84. The minimum absolute atomic E-state index is 0.364. The van der Waals surface area contributed by atoms with Crippen molar-refractivity contribution in [2.45, 2.75) is 19.0 Å². The summed E-state index contributed by atoms with van der Waals surface area (Å²) in [5, 5.41) is 1.17.